The summed E-state index contributed by atoms with van der Waals surface area (Å²) < 4.78 is 5.76. The Bertz CT molecular complexity index is 2070. The lowest BCUT2D eigenvalue weighted by Gasteiger charge is -2.33. The zero-order valence-corrected chi connectivity index (χ0v) is 30.3. The largest absolute Gasteiger partial charge is 0.354 e. The summed E-state index contributed by atoms with van der Waals surface area (Å²) in [4.78, 5) is 44.6. The van der Waals surface area contributed by atoms with E-state index in [9.17, 15) is 14.4 Å². The Hall–Kier alpha value is -5.84. The van der Waals surface area contributed by atoms with Crippen molar-refractivity contribution in [1.82, 2.24) is 5.32 Å². The molecular formula is C45H42N3O3P. The van der Waals surface area contributed by atoms with Crippen LogP contribution in [0.15, 0.2) is 175 Å². The Balaban J connectivity index is 1.65. The molecule has 7 heteroatoms. The van der Waals surface area contributed by atoms with E-state index in [1.807, 2.05) is 97.9 Å². The minimum absolute atomic E-state index is 0.245. The van der Waals surface area contributed by atoms with Gasteiger partial charge in [0, 0.05) is 39.3 Å². The van der Waals surface area contributed by atoms with Gasteiger partial charge in [-0.15, -0.1) is 0 Å². The predicted octanol–water partition coefficient (Wildman–Crippen LogP) is 8.68. The molecule has 0 radical (unpaired) electrons. The molecule has 0 heterocycles. The molecule has 1 N–H and O–H groups in total. The second kappa shape index (κ2) is 16.9. The number of aryl methyl sites for hydroxylation is 1. The third-order valence-corrected chi connectivity index (χ3v) is 12.6. The summed E-state index contributed by atoms with van der Waals surface area (Å²) in [5.41, 5.74) is 2.72. The first-order valence-corrected chi connectivity index (χ1v) is 19.3. The van der Waals surface area contributed by atoms with Crippen LogP contribution in [0.5, 0.6) is 0 Å². The number of unbranched alkanes of at least 4 members (excludes halogenated alkanes) is 1. The maximum atomic E-state index is 14.6. The Morgan fingerprint density at radius 3 is 1.63 bits per heavy atom. The van der Waals surface area contributed by atoms with Gasteiger partial charge >= 0.3 is 0 Å². The van der Waals surface area contributed by atoms with E-state index in [0.717, 1.165) is 34.3 Å². The van der Waals surface area contributed by atoms with Gasteiger partial charge in [-0.25, -0.2) is 0 Å². The molecule has 52 heavy (non-hydrogen) atoms. The molecule has 0 aliphatic rings. The van der Waals surface area contributed by atoms with Crippen molar-refractivity contribution < 1.29 is 14.4 Å². The molecule has 0 fully saturated rings. The van der Waals surface area contributed by atoms with Crippen molar-refractivity contribution in [3.63, 3.8) is 0 Å². The molecule has 1 unspecified atom stereocenters. The lowest BCUT2D eigenvalue weighted by molar-refractivity contribution is -0.125. The lowest BCUT2D eigenvalue weighted by atomic mass is 9.99. The monoisotopic (exact) mass is 703 g/mol. The van der Waals surface area contributed by atoms with Crippen molar-refractivity contribution in [3.05, 3.63) is 187 Å². The number of carbonyl (C=O) groups is 3. The second-order valence-corrected chi connectivity index (χ2v) is 15.6. The lowest BCUT2D eigenvalue weighted by Crippen LogP contribution is -2.46. The van der Waals surface area contributed by atoms with Crippen LogP contribution >= 0.6 is 7.05 Å². The van der Waals surface area contributed by atoms with Crippen molar-refractivity contribution in [2.75, 3.05) is 11.4 Å². The zero-order chi connectivity index (χ0) is 36.3. The van der Waals surface area contributed by atoms with E-state index in [1.165, 1.54) is 4.90 Å². The summed E-state index contributed by atoms with van der Waals surface area (Å²) in [5.74, 6) is -1.91. The summed E-state index contributed by atoms with van der Waals surface area (Å²) in [7, 11) is -2.77. The van der Waals surface area contributed by atoms with E-state index in [1.54, 1.807) is 42.5 Å². The van der Waals surface area contributed by atoms with Crippen LogP contribution in [0.2, 0.25) is 0 Å². The standard InChI is InChI=1S/C45H42N3O3P/c1-3-4-33-46-44(50)42(48(36-31-29-34(2)30-32-36)45(51)43(49)35-19-9-5-10-20-35)40-27-17-18-28-41(40)47-52(37-21-11-6-12-22-37,38-23-13-7-14-24-38)39-25-15-8-16-26-39/h5-32,42H,3-4,33H2,1-2H3,(H,46,50). The van der Waals surface area contributed by atoms with Crippen molar-refractivity contribution >= 4 is 51.9 Å². The van der Waals surface area contributed by atoms with Crippen molar-refractivity contribution in [2.45, 2.75) is 32.7 Å². The van der Waals surface area contributed by atoms with Gasteiger partial charge in [0.15, 0.2) is 0 Å². The first kappa shape index (κ1) is 36.0. The number of nitrogens with zero attached hydrogens (tertiary/aromatic N) is 2. The topological polar surface area (TPSA) is 78.8 Å². The first-order valence-electron chi connectivity index (χ1n) is 17.6. The SMILES string of the molecule is CCCCNC(=O)C(c1ccccc1N=P(c1ccccc1)(c1ccccc1)c1ccccc1)N(C(=O)C(=O)c1ccccc1)c1ccc(C)cc1. The fraction of sp³-hybridized carbons (Fsp3) is 0.133. The third-order valence-electron chi connectivity index (χ3n) is 8.98. The highest BCUT2D eigenvalue weighted by atomic mass is 31.2. The molecule has 6 aromatic rings. The van der Waals surface area contributed by atoms with E-state index in [-0.39, 0.29) is 5.56 Å². The number of benzene rings is 6. The summed E-state index contributed by atoms with van der Waals surface area (Å²) in [5, 5.41) is 6.20. The van der Waals surface area contributed by atoms with E-state index in [4.69, 9.17) is 4.74 Å². The predicted molar refractivity (Wildman–Crippen MR) is 214 cm³/mol. The number of hydrogen-bond donors (Lipinski definition) is 1. The molecule has 6 nitrogen and oxygen atoms in total. The molecular weight excluding hydrogens is 661 g/mol. The molecule has 0 saturated carbocycles. The molecule has 0 aliphatic carbocycles. The van der Waals surface area contributed by atoms with Crippen LogP contribution in [0.3, 0.4) is 0 Å². The minimum atomic E-state index is -2.77. The summed E-state index contributed by atoms with van der Waals surface area (Å²) in [6.45, 7) is 4.43. The Morgan fingerprint density at radius 1 is 0.635 bits per heavy atom. The average Bonchev–Trinajstić information content (AvgIpc) is 3.20. The fourth-order valence-electron chi connectivity index (χ4n) is 6.32. The second-order valence-electron chi connectivity index (χ2n) is 12.6. The van der Waals surface area contributed by atoms with E-state index >= 15 is 0 Å². The molecule has 260 valence electrons. The minimum Gasteiger partial charge on any atom is -0.354 e. The van der Waals surface area contributed by atoms with Gasteiger partial charge in [0.05, 0.1) is 12.7 Å². The number of ketones is 1. The fourth-order valence-corrected chi connectivity index (χ4v) is 9.87. The van der Waals surface area contributed by atoms with Crippen molar-refractivity contribution in [3.8, 4) is 0 Å². The molecule has 0 spiro atoms. The molecule has 0 aliphatic heterocycles. The van der Waals surface area contributed by atoms with Crippen LogP contribution in [0.25, 0.3) is 0 Å². The number of hydrogen-bond acceptors (Lipinski definition) is 4. The highest BCUT2D eigenvalue weighted by Gasteiger charge is 2.38. The quantitative estimate of drug-likeness (QED) is 0.0566. The Labute approximate surface area is 306 Å². The zero-order valence-electron chi connectivity index (χ0n) is 29.4. The highest BCUT2D eigenvalue weighted by Crippen LogP contribution is 2.50. The normalized spacial score (nSPS) is 11.7. The Kier molecular flexibility index (Phi) is 11.7. The van der Waals surface area contributed by atoms with Gasteiger partial charge in [-0.2, -0.15) is 0 Å². The maximum Gasteiger partial charge on any atom is 0.300 e. The van der Waals surface area contributed by atoms with Crippen LogP contribution < -0.4 is 26.1 Å². The number of rotatable bonds is 13. The molecule has 1 atom stereocenters. The van der Waals surface area contributed by atoms with Gasteiger partial charge in [-0.05, 0) is 31.5 Å². The van der Waals surface area contributed by atoms with Gasteiger partial charge in [-0.1, -0.05) is 171 Å². The van der Waals surface area contributed by atoms with Crippen LogP contribution in [-0.2, 0) is 9.59 Å². The van der Waals surface area contributed by atoms with E-state index in [0.29, 0.717) is 23.5 Å². The van der Waals surface area contributed by atoms with Gasteiger partial charge in [0.2, 0.25) is 5.91 Å². The van der Waals surface area contributed by atoms with Crippen LogP contribution in [0.1, 0.15) is 47.3 Å². The summed E-state index contributed by atoms with van der Waals surface area (Å²) >= 11 is 0. The van der Waals surface area contributed by atoms with Gasteiger partial charge in [-0.3, -0.25) is 24.0 Å². The molecule has 6 rings (SSSR count). The smallest absolute Gasteiger partial charge is 0.300 e. The number of amides is 2. The van der Waals surface area contributed by atoms with E-state index in [2.05, 4.69) is 48.6 Å². The van der Waals surface area contributed by atoms with Crippen LogP contribution in [-0.4, -0.2) is 24.1 Å². The molecule has 0 aromatic heterocycles. The number of nitrogens with one attached hydrogen (secondary N) is 1. The number of Topliss-reactive ketones (excluding diaryl/α,β-unsaturated/α-hetero) is 1. The van der Waals surface area contributed by atoms with Crippen molar-refractivity contribution in [2.24, 2.45) is 4.74 Å². The van der Waals surface area contributed by atoms with E-state index < -0.39 is 30.7 Å². The number of carbonyl (C=O) groups excluding carboxylic acids is 3. The highest BCUT2D eigenvalue weighted by molar-refractivity contribution is 7.87. The van der Waals surface area contributed by atoms with Gasteiger partial charge in [0.1, 0.15) is 6.04 Å². The van der Waals surface area contributed by atoms with Gasteiger partial charge < -0.3 is 5.32 Å². The molecule has 6 aromatic carbocycles. The van der Waals surface area contributed by atoms with Gasteiger partial charge in [0.25, 0.3) is 11.7 Å². The van der Waals surface area contributed by atoms with Crippen LogP contribution in [0, 0.1) is 6.92 Å². The van der Waals surface area contributed by atoms with Crippen LogP contribution in [0.4, 0.5) is 11.4 Å². The number of anilines is 1. The Morgan fingerprint density at radius 2 is 1.12 bits per heavy atom. The summed E-state index contributed by atoms with van der Waals surface area (Å²) in [6, 6.07) is 52.8. The molecule has 0 saturated heterocycles. The molecule has 2 amide bonds. The van der Waals surface area contributed by atoms with Crippen molar-refractivity contribution in [1.29, 1.82) is 0 Å². The third kappa shape index (κ3) is 7.73. The first-order chi connectivity index (χ1) is 25.4. The molecule has 0 bridgehead atoms. The maximum absolute atomic E-state index is 14.6. The summed E-state index contributed by atoms with van der Waals surface area (Å²) in [6.07, 6.45) is 1.64. The average molecular weight is 704 g/mol.